The molecule has 0 saturated carbocycles. The molecule has 2 aromatic carbocycles. The molecule has 2 heterocycles. The Morgan fingerprint density at radius 1 is 1.00 bits per heavy atom. The van der Waals surface area contributed by atoms with Gasteiger partial charge < -0.3 is 10.6 Å². The SMILES string of the molecule is O=C(CN1C(=O)N/C(=C\c2cc(-c3ccccc3)cs2)C1=O)Nc1ccccc1. The van der Waals surface area contributed by atoms with Crippen molar-refractivity contribution < 1.29 is 14.4 Å². The number of amides is 4. The van der Waals surface area contributed by atoms with Crippen molar-refractivity contribution in [1.29, 1.82) is 0 Å². The first kappa shape index (κ1) is 18.6. The van der Waals surface area contributed by atoms with Gasteiger partial charge in [-0.1, -0.05) is 48.5 Å². The van der Waals surface area contributed by atoms with Gasteiger partial charge >= 0.3 is 6.03 Å². The first-order valence-electron chi connectivity index (χ1n) is 8.93. The van der Waals surface area contributed by atoms with Crippen molar-refractivity contribution in [2.45, 2.75) is 0 Å². The molecule has 4 rings (SSSR count). The van der Waals surface area contributed by atoms with Crippen LogP contribution in [0.15, 0.2) is 77.8 Å². The molecular weight excluding hydrogens is 386 g/mol. The lowest BCUT2D eigenvalue weighted by atomic mass is 10.1. The number of thiophene rings is 1. The second-order valence-electron chi connectivity index (χ2n) is 6.40. The molecule has 1 aliphatic rings. The Hall–Kier alpha value is -3.71. The molecule has 144 valence electrons. The zero-order valence-electron chi connectivity index (χ0n) is 15.3. The molecule has 0 atom stereocenters. The summed E-state index contributed by atoms with van der Waals surface area (Å²) < 4.78 is 0. The van der Waals surface area contributed by atoms with Crippen molar-refractivity contribution in [3.63, 3.8) is 0 Å². The molecule has 4 amide bonds. The lowest BCUT2D eigenvalue weighted by Gasteiger charge is -2.11. The summed E-state index contributed by atoms with van der Waals surface area (Å²) in [6.45, 7) is -0.351. The lowest BCUT2D eigenvalue weighted by molar-refractivity contribution is -0.127. The molecular formula is C22H17N3O3S. The number of rotatable bonds is 5. The van der Waals surface area contributed by atoms with Crippen LogP contribution in [0.1, 0.15) is 4.88 Å². The molecule has 0 unspecified atom stereocenters. The van der Waals surface area contributed by atoms with Gasteiger partial charge in [-0.05, 0) is 40.8 Å². The third-order valence-corrected chi connectivity index (χ3v) is 5.21. The van der Waals surface area contributed by atoms with Crippen LogP contribution in [0.5, 0.6) is 0 Å². The molecule has 1 aromatic heterocycles. The summed E-state index contributed by atoms with van der Waals surface area (Å²) >= 11 is 1.47. The maximum absolute atomic E-state index is 12.6. The number of nitrogens with one attached hydrogen (secondary N) is 2. The van der Waals surface area contributed by atoms with E-state index in [0.29, 0.717) is 5.69 Å². The van der Waals surface area contributed by atoms with E-state index >= 15 is 0 Å². The molecule has 3 aromatic rings. The highest BCUT2D eigenvalue weighted by atomic mass is 32.1. The highest BCUT2D eigenvalue weighted by Crippen LogP contribution is 2.27. The smallest absolute Gasteiger partial charge is 0.325 e. The predicted molar refractivity (Wildman–Crippen MR) is 113 cm³/mol. The Morgan fingerprint density at radius 3 is 2.41 bits per heavy atom. The number of benzene rings is 2. The Kier molecular flexibility index (Phi) is 5.22. The number of anilines is 1. The fourth-order valence-corrected chi connectivity index (χ4v) is 3.78. The third kappa shape index (κ3) is 4.25. The van der Waals surface area contributed by atoms with E-state index < -0.39 is 17.8 Å². The minimum Gasteiger partial charge on any atom is -0.325 e. The van der Waals surface area contributed by atoms with Crippen LogP contribution in [-0.4, -0.2) is 29.3 Å². The van der Waals surface area contributed by atoms with Gasteiger partial charge in [-0.3, -0.25) is 9.59 Å². The number of para-hydroxylation sites is 1. The van der Waals surface area contributed by atoms with Crippen molar-refractivity contribution in [1.82, 2.24) is 10.2 Å². The topological polar surface area (TPSA) is 78.5 Å². The molecule has 0 aliphatic carbocycles. The van der Waals surface area contributed by atoms with Crippen molar-refractivity contribution >= 4 is 40.9 Å². The minimum atomic E-state index is -0.607. The summed E-state index contributed by atoms with van der Waals surface area (Å²) in [5.41, 5.74) is 2.88. The Labute approximate surface area is 171 Å². The van der Waals surface area contributed by atoms with Gasteiger partial charge in [-0.2, -0.15) is 0 Å². The standard InChI is InChI=1S/C22H17N3O3S/c26-20(23-17-9-5-2-6-10-17)13-25-21(27)19(24-22(25)28)12-18-11-16(14-29-18)15-7-3-1-4-8-15/h1-12,14H,13H2,(H,23,26)(H,24,28)/b19-12-. The van der Waals surface area contributed by atoms with Gasteiger partial charge in [-0.25, -0.2) is 9.69 Å². The van der Waals surface area contributed by atoms with E-state index in [0.717, 1.165) is 20.9 Å². The van der Waals surface area contributed by atoms with Crippen molar-refractivity contribution in [2.24, 2.45) is 0 Å². The van der Waals surface area contributed by atoms with Gasteiger partial charge in [0.05, 0.1) is 0 Å². The van der Waals surface area contributed by atoms with Crippen molar-refractivity contribution in [2.75, 3.05) is 11.9 Å². The summed E-state index contributed by atoms with van der Waals surface area (Å²) in [6.07, 6.45) is 1.63. The van der Waals surface area contributed by atoms with E-state index in [1.54, 1.807) is 30.3 Å². The van der Waals surface area contributed by atoms with Crippen LogP contribution in [0.2, 0.25) is 0 Å². The summed E-state index contributed by atoms with van der Waals surface area (Å²) in [4.78, 5) is 38.7. The lowest BCUT2D eigenvalue weighted by Crippen LogP contribution is -2.38. The molecule has 0 spiro atoms. The number of urea groups is 1. The quantitative estimate of drug-likeness (QED) is 0.500. The highest BCUT2D eigenvalue weighted by Gasteiger charge is 2.35. The first-order valence-corrected chi connectivity index (χ1v) is 9.81. The van der Waals surface area contributed by atoms with Crippen molar-refractivity contribution in [3.05, 3.63) is 82.7 Å². The average Bonchev–Trinajstić information content (AvgIpc) is 3.30. The minimum absolute atomic E-state index is 0.156. The van der Waals surface area contributed by atoms with E-state index in [1.165, 1.54) is 11.3 Å². The number of hydrogen-bond acceptors (Lipinski definition) is 4. The van der Waals surface area contributed by atoms with E-state index in [4.69, 9.17) is 0 Å². The molecule has 6 nitrogen and oxygen atoms in total. The maximum Gasteiger partial charge on any atom is 0.329 e. The molecule has 1 fully saturated rings. The number of carbonyl (C=O) groups is 3. The highest BCUT2D eigenvalue weighted by molar-refractivity contribution is 7.11. The van der Waals surface area contributed by atoms with E-state index in [-0.39, 0.29) is 12.2 Å². The summed E-state index contributed by atoms with van der Waals surface area (Å²) in [5.74, 6) is -0.962. The normalized spacial score (nSPS) is 14.9. The number of nitrogens with zero attached hydrogens (tertiary/aromatic N) is 1. The fourth-order valence-electron chi connectivity index (χ4n) is 2.93. The molecule has 2 N–H and O–H groups in total. The summed E-state index contributed by atoms with van der Waals surface area (Å²) in [7, 11) is 0. The van der Waals surface area contributed by atoms with Gasteiger partial charge in [-0.15, -0.1) is 11.3 Å². The summed E-state index contributed by atoms with van der Waals surface area (Å²) in [5, 5.41) is 7.21. The van der Waals surface area contributed by atoms with E-state index in [9.17, 15) is 14.4 Å². The zero-order valence-corrected chi connectivity index (χ0v) is 16.1. The van der Waals surface area contributed by atoms with Gasteiger partial charge in [0.2, 0.25) is 5.91 Å². The average molecular weight is 403 g/mol. The van der Waals surface area contributed by atoms with Crippen LogP contribution in [0.25, 0.3) is 17.2 Å². The number of imide groups is 1. The monoisotopic (exact) mass is 403 g/mol. The maximum atomic E-state index is 12.6. The second kappa shape index (κ2) is 8.12. The fraction of sp³-hybridized carbons (Fsp3) is 0.0455. The molecule has 7 heteroatoms. The number of hydrogen-bond donors (Lipinski definition) is 2. The van der Waals surface area contributed by atoms with Crippen LogP contribution >= 0.6 is 11.3 Å². The van der Waals surface area contributed by atoms with Crippen LogP contribution in [0.4, 0.5) is 10.5 Å². The van der Waals surface area contributed by atoms with Gasteiger partial charge in [0.1, 0.15) is 12.2 Å². The number of carbonyl (C=O) groups excluding carboxylic acids is 3. The Morgan fingerprint density at radius 2 is 1.69 bits per heavy atom. The van der Waals surface area contributed by atoms with E-state index in [1.807, 2.05) is 47.8 Å². The van der Waals surface area contributed by atoms with Crippen molar-refractivity contribution in [3.8, 4) is 11.1 Å². The largest absolute Gasteiger partial charge is 0.329 e. The second-order valence-corrected chi connectivity index (χ2v) is 7.34. The molecule has 1 aliphatic heterocycles. The van der Waals surface area contributed by atoms with Gasteiger partial charge in [0.15, 0.2) is 0 Å². The van der Waals surface area contributed by atoms with Crippen LogP contribution in [0, 0.1) is 0 Å². The molecule has 0 radical (unpaired) electrons. The Balaban J connectivity index is 1.45. The van der Waals surface area contributed by atoms with Crippen LogP contribution in [-0.2, 0) is 9.59 Å². The third-order valence-electron chi connectivity index (χ3n) is 4.34. The van der Waals surface area contributed by atoms with E-state index in [2.05, 4.69) is 10.6 Å². The van der Waals surface area contributed by atoms with Crippen LogP contribution < -0.4 is 10.6 Å². The summed E-state index contributed by atoms with van der Waals surface area (Å²) in [6, 6.07) is 20.1. The molecule has 0 bridgehead atoms. The Bertz CT molecular complexity index is 1090. The van der Waals surface area contributed by atoms with Crippen LogP contribution in [0.3, 0.4) is 0 Å². The predicted octanol–water partition coefficient (Wildman–Crippen LogP) is 3.95. The van der Waals surface area contributed by atoms with Gasteiger partial charge in [0.25, 0.3) is 5.91 Å². The molecule has 1 saturated heterocycles. The zero-order chi connectivity index (χ0) is 20.2. The first-order chi connectivity index (χ1) is 14.1. The molecule has 29 heavy (non-hydrogen) atoms. The van der Waals surface area contributed by atoms with Gasteiger partial charge in [0, 0.05) is 10.6 Å².